The molecule has 0 atom stereocenters. The first-order valence-corrected chi connectivity index (χ1v) is 5.85. The van der Waals surface area contributed by atoms with E-state index in [2.05, 4.69) is 15.6 Å². The number of fused-ring (bicyclic) bond motifs is 1. The molecule has 3 N–H and O–H groups in total. The summed E-state index contributed by atoms with van der Waals surface area (Å²) in [5.41, 5.74) is 1.99. The number of rotatable bonds is 3. The zero-order valence-electron chi connectivity index (χ0n) is 10.4. The number of hydrogen-bond acceptors (Lipinski definition) is 2. The van der Waals surface area contributed by atoms with E-state index in [1.54, 1.807) is 25.2 Å². The first kappa shape index (κ1) is 12.2. The number of anilines is 1. The SMILES string of the molecule is CCCNC(=O)Nc1ccc2c(c1)[nH]c(=O)n2C. The monoisotopic (exact) mass is 248 g/mol. The Hall–Kier alpha value is -2.24. The van der Waals surface area contributed by atoms with Gasteiger partial charge in [-0.2, -0.15) is 0 Å². The molecular formula is C12H16N4O2. The fourth-order valence-corrected chi connectivity index (χ4v) is 1.73. The number of aromatic nitrogens is 2. The van der Waals surface area contributed by atoms with Gasteiger partial charge in [-0.05, 0) is 24.6 Å². The maximum atomic E-state index is 11.5. The van der Waals surface area contributed by atoms with Crippen LogP contribution in [0.25, 0.3) is 11.0 Å². The van der Waals surface area contributed by atoms with E-state index in [1.807, 2.05) is 6.92 Å². The highest BCUT2D eigenvalue weighted by molar-refractivity contribution is 5.91. The third-order valence-electron chi connectivity index (χ3n) is 2.70. The Labute approximate surface area is 104 Å². The van der Waals surface area contributed by atoms with Gasteiger partial charge in [0.25, 0.3) is 0 Å². The number of amides is 2. The van der Waals surface area contributed by atoms with Crippen LogP contribution in [0.5, 0.6) is 0 Å². The van der Waals surface area contributed by atoms with Crippen LogP contribution in [0.1, 0.15) is 13.3 Å². The molecule has 6 heteroatoms. The minimum atomic E-state index is -0.241. The molecule has 0 fully saturated rings. The molecule has 96 valence electrons. The minimum absolute atomic E-state index is 0.169. The molecule has 2 rings (SSSR count). The Balaban J connectivity index is 2.20. The van der Waals surface area contributed by atoms with Gasteiger partial charge in [-0.1, -0.05) is 6.92 Å². The molecule has 0 bridgehead atoms. The number of carbonyl (C=O) groups excluding carboxylic acids is 1. The van der Waals surface area contributed by atoms with Crippen LogP contribution >= 0.6 is 0 Å². The molecule has 0 radical (unpaired) electrons. The molecule has 2 aromatic rings. The fourth-order valence-electron chi connectivity index (χ4n) is 1.73. The Kier molecular flexibility index (Phi) is 3.36. The van der Waals surface area contributed by atoms with Crippen molar-refractivity contribution in [3.05, 3.63) is 28.7 Å². The van der Waals surface area contributed by atoms with Crippen LogP contribution < -0.4 is 16.3 Å². The van der Waals surface area contributed by atoms with Crippen molar-refractivity contribution in [1.82, 2.24) is 14.9 Å². The molecule has 1 aromatic heterocycles. The number of aryl methyl sites for hydroxylation is 1. The van der Waals surface area contributed by atoms with E-state index in [4.69, 9.17) is 0 Å². The summed E-state index contributed by atoms with van der Waals surface area (Å²) in [5, 5.41) is 5.43. The number of nitrogens with one attached hydrogen (secondary N) is 3. The number of H-pyrrole nitrogens is 1. The van der Waals surface area contributed by atoms with Crippen LogP contribution in [0.15, 0.2) is 23.0 Å². The first-order valence-electron chi connectivity index (χ1n) is 5.85. The highest BCUT2D eigenvalue weighted by atomic mass is 16.2. The normalized spacial score (nSPS) is 10.6. The van der Waals surface area contributed by atoms with Crippen LogP contribution in [0, 0.1) is 0 Å². The molecule has 6 nitrogen and oxygen atoms in total. The summed E-state index contributed by atoms with van der Waals surface area (Å²) in [6.45, 7) is 2.62. The number of benzene rings is 1. The van der Waals surface area contributed by atoms with E-state index >= 15 is 0 Å². The summed E-state index contributed by atoms with van der Waals surface area (Å²) in [6, 6.07) is 5.06. The maximum absolute atomic E-state index is 11.5. The summed E-state index contributed by atoms with van der Waals surface area (Å²) in [4.78, 5) is 25.6. The molecule has 18 heavy (non-hydrogen) atoms. The van der Waals surface area contributed by atoms with E-state index in [1.165, 1.54) is 4.57 Å². The first-order chi connectivity index (χ1) is 8.61. The van der Waals surface area contributed by atoms with E-state index in [9.17, 15) is 9.59 Å². The van der Waals surface area contributed by atoms with Gasteiger partial charge in [0.1, 0.15) is 0 Å². The van der Waals surface area contributed by atoms with Gasteiger partial charge < -0.3 is 15.6 Å². The summed E-state index contributed by atoms with van der Waals surface area (Å²) in [5.74, 6) is 0. The average Bonchev–Trinajstić information content (AvgIpc) is 2.62. The fraction of sp³-hybridized carbons (Fsp3) is 0.333. The molecule has 0 aliphatic carbocycles. The molecular weight excluding hydrogens is 232 g/mol. The lowest BCUT2D eigenvalue weighted by Crippen LogP contribution is -2.29. The largest absolute Gasteiger partial charge is 0.338 e. The van der Waals surface area contributed by atoms with Crippen molar-refractivity contribution < 1.29 is 4.79 Å². The topological polar surface area (TPSA) is 78.9 Å². The Morgan fingerprint density at radius 1 is 1.44 bits per heavy atom. The Morgan fingerprint density at radius 2 is 2.22 bits per heavy atom. The van der Waals surface area contributed by atoms with Gasteiger partial charge in [0.15, 0.2) is 0 Å². The molecule has 0 saturated carbocycles. The van der Waals surface area contributed by atoms with E-state index in [0.717, 1.165) is 11.9 Å². The number of nitrogens with zero attached hydrogens (tertiary/aromatic N) is 1. The van der Waals surface area contributed by atoms with Crippen molar-refractivity contribution in [2.24, 2.45) is 7.05 Å². The van der Waals surface area contributed by atoms with Crippen LogP contribution in [-0.2, 0) is 7.05 Å². The summed E-state index contributed by atoms with van der Waals surface area (Å²) < 4.78 is 1.52. The Bertz CT molecular complexity index is 627. The van der Waals surface area contributed by atoms with Crippen LogP contribution in [0.3, 0.4) is 0 Å². The number of carbonyl (C=O) groups is 1. The average molecular weight is 248 g/mol. The third-order valence-corrected chi connectivity index (χ3v) is 2.70. The van der Waals surface area contributed by atoms with Gasteiger partial charge in [0.2, 0.25) is 0 Å². The lowest BCUT2D eigenvalue weighted by atomic mass is 10.3. The van der Waals surface area contributed by atoms with Crippen LogP contribution in [0.4, 0.5) is 10.5 Å². The summed E-state index contributed by atoms with van der Waals surface area (Å²) in [7, 11) is 1.70. The molecule has 2 amide bonds. The predicted octanol–water partition coefficient (Wildman–Crippen LogP) is 1.40. The minimum Gasteiger partial charge on any atom is -0.338 e. The van der Waals surface area contributed by atoms with Crippen molar-refractivity contribution in [3.8, 4) is 0 Å². The number of imidazole rings is 1. The van der Waals surface area contributed by atoms with Gasteiger partial charge in [-0.25, -0.2) is 9.59 Å². The van der Waals surface area contributed by atoms with Gasteiger partial charge >= 0.3 is 11.7 Å². The van der Waals surface area contributed by atoms with Crippen molar-refractivity contribution in [1.29, 1.82) is 0 Å². The summed E-state index contributed by atoms with van der Waals surface area (Å²) >= 11 is 0. The highest BCUT2D eigenvalue weighted by Gasteiger charge is 2.05. The standard InChI is InChI=1S/C12H16N4O2/c1-3-6-13-11(17)14-8-4-5-10-9(7-8)15-12(18)16(10)2/h4-5,7H,3,6H2,1-2H3,(H,15,18)(H2,13,14,17). The molecule has 0 aliphatic rings. The van der Waals surface area contributed by atoms with Crippen LogP contribution in [-0.4, -0.2) is 22.1 Å². The molecule has 0 saturated heterocycles. The number of urea groups is 1. The summed E-state index contributed by atoms with van der Waals surface area (Å²) in [6.07, 6.45) is 0.887. The van der Waals surface area contributed by atoms with Gasteiger partial charge in [-0.3, -0.25) is 4.57 Å². The second-order valence-electron chi connectivity index (χ2n) is 4.10. The lowest BCUT2D eigenvalue weighted by molar-refractivity contribution is 0.252. The Morgan fingerprint density at radius 3 is 2.94 bits per heavy atom. The van der Waals surface area contributed by atoms with Crippen molar-refractivity contribution in [2.75, 3.05) is 11.9 Å². The van der Waals surface area contributed by atoms with E-state index in [0.29, 0.717) is 17.7 Å². The van der Waals surface area contributed by atoms with Gasteiger partial charge in [0.05, 0.1) is 11.0 Å². The molecule has 1 heterocycles. The second-order valence-corrected chi connectivity index (χ2v) is 4.10. The second kappa shape index (κ2) is 4.95. The van der Waals surface area contributed by atoms with E-state index in [-0.39, 0.29) is 11.7 Å². The number of hydrogen-bond donors (Lipinski definition) is 3. The lowest BCUT2D eigenvalue weighted by Gasteiger charge is -2.06. The molecule has 0 spiro atoms. The number of aromatic amines is 1. The third kappa shape index (κ3) is 2.37. The smallest absolute Gasteiger partial charge is 0.326 e. The van der Waals surface area contributed by atoms with Crippen molar-refractivity contribution in [2.45, 2.75) is 13.3 Å². The van der Waals surface area contributed by atoms with Gasteiger partial charge in [-0.15, -0.1) is 0 Å². The zero-order valence-corrected chi connectivity index (χ0v) is 10.4. The highest BCUT2D eigenvalue weighted by Crippen LogP contribution is 2.15. The molecule has 1 aromatic carbocycles. The van der Waals surface area contributed by atoms with Crippen molar-refractivity contribution >= 4 is 22.8 Å². The predicted molar refractivity (Wildman–Crippen MR) is 70.9 cm³/mol. The molecule has 0 aliphatic heterocycles. The zero-order chi connectivity index (χ0) is 13.1. The quantitative estimate of drug-likeness (QED) is 0.767. The van der Waals surface area contributed by atoms with Gasteiger partial charge in [0, 0.05) is 19.3 Å². The molecule has 0 unspecified atom stereocenters. The van der Waals surface area contributed by atoms with Crippen LogP contribution in [0.2, 0.25) is 0 Å². The maximum Gasteiger partial charge on any atom is 0.326 e. The van der Waals surface area contributed by atoms with E-state index < -0.39 is 0 Å². The van der Waals surface area contributed by atoms with Crippen molar-refractivity contribution in [3.63, 3.8) is 0 Å².